The molecule has 0 unspecified atom stereocenters. The van der Waals surface area contributed by atoms with Crippen molar-refractivity contribution < 1.29 is 4.52 Å². The zero-order chi connectivity index (χ0) is 21.9. The molecule has 1 aromatic carbocycles. The Balaban J connectivity index is 1.34. The van der Waals surface area contributed by atoms with E-state index in [9.17, 15) is 0 Å². The Morgan fingerprint density at radius 1 is 1.03 bits per heavy atom. The summed E-state index contributed by atoms with van der Waals surface area (Å²) in [4.78, 5) is 23.6. The van der Waals surface area contributed by atoms with Crippen molar-refractivity contribution in [2.24, 2.45) is 0 Å². The molecule has 1 saturated carbocycles. The molecule has 0 amide bonds. The van der Waals surface area contributed by atoms with Gasteiger partial charge in [0.05, 0.1) is 11.3 Å². The van der Waals surface area contributed by atoms with Gasteiger partial charge in [-0.05, 0) is 37.1 Å². The third-order valence-electron chi connectivity index (χ3n) is 5.46. The Kier molecular flexibility index (Phi) is 5.42. The minimum atomic E-state index is 0.0733. The van der Waals surface area contributed by atoms with Crippen LogP contribution in [0.3, 0.4) is 0 Å². The first-order chi connectivity index (χ1) is 15.7. The van der Waals surface area contributed by atoms with Gasteiger partial charge in [0.25, 0.3) is 5.89 Å². The standard InChI is InChI=1S/C22H23N9O/c1-31(17-8-3-2-4-9-17)22-28-18(27-21(23)29-22)19-26-20(32-30-19)14-10-11-16(24-12-14)13-25-15-6-5-7-15/h2-4,8-12,15,25H,5-7,13H2,1H3,(H2,23,27,28,29). The number of benzene rings is 1. The van der Waals surface area contributed by atoms with Gasteiger partial charge in [0.2, 0.25) is 23.5 Å². The molecular formula is C22H23N9O. The van der Waals surface area contributed by atoms with Crippen molar-refractivity contribution in [2.75, 3.05) is 17.7 Å². The lowest BCUT2D eigenvalue weighted by Gasteiger charge is -2.26. The van der Waals surface area contributed by atoms with E-state index in [-0.39, 0.29) is 17.6 Å². The summed E-state index contributed by atoms with van der Waals surface area (Å²) in [6.45, 7) is 0.752. The molecule has 1 aliphatic rings. The van der Waals surface area contributed by atoms with Crippen LogP contribution in [0.4, 0.5) is 17.6 Å². The Labute approximate surface area is 184 Å². The summed E-state index contributed by atoms with van der Waals surface area (Å²) in [5.74, 6) is 1.26. The Hall–Kier alpha value is -3.92. The highest BCUT2D eigenvalue weighted by Crippen LogP contribution is 2.24. The first kappa shape index (κ1) is 20.0. The molecule has 3 aromatic heterocycles. The summed E-state index contributed by atoms with van der Waals surface area (Å²) in [5.41, 5.74) is 8.53. The fraction of sp³-hybridized carbons (Fsp3) is 0.273. The predicted octanol–water partition coefficient (Wildman–Crippen LogP) is 2.98. The van der Waals surface area contributed by atoms with E-state index in [0.29, 0.717) is 17.9 Å². The lowest BCUT2D eigenvalue weighted by atomic mass is 9.93. The largest absolute Gasteiger partial charge is 0.368 e. The number of hydrogen-bond acceptors (Lipinski definition) is 10. The van der Waals surface area contributed by atoms with Gasteiger partial charge in [-0.15, -0.1) is 0 Å². The molecular weight excluding hydrogens is 406 g/mol. The van der Waals surface area contributed by atoms with E-state index in [0.717, 1.165) is 23.5 Å². The topological polar surface area (TPSA) is 132 Å². The zero-order valence-corrected chi connectivity index (χ0v) is 17.6. The smallest absolute Gasteiger partial charge is 0.259 e. The summed E-state index contributed by atoms with van der Waals surface area (Å²) < 4.78 is 5.42. The third-order valence-corrected chi connectivity index (χ3v) is 5.46. The fourth-order valence-electron chi connectivity index (χ4n) is 3.35. The van der Waals surface area contributed by atoms with Crippen molar-refractivity contribution in [1.29, 1.82) is 0 Å². The maximum absolute atomic E-state index is 5.92. The summed E-state index contributed by atoms with van der Waals surface area (Å²) in [7, 11) is 1.85. The number of nitrogens with one attached hydrogen (secondary N) is 1. The van der Waals surface area contributed by atoms with Crippen molar-refractivity contribution in [3.05, 3.63) is 54.4 Å². The lowest BCUT2D eigenvalue weighted by molar-refractivity contribution is 0.337. The Morgan fingerprint density at radius 3 is 2.59 bits per heavy atom. The third kappa shape index (κ3) is 4.26. The number of rotatable bonds is 7. The molecule has 10 nitrogen and oxygen atoms in total. The van der Waals surface area contributed by atoms with Gasteiger partial charge in [-0.3, -0.25) is 4.98 Å². The fourth-order valence-corrected chi connectivity index (χ4v) is 3.35. The maximum Gasteiger partial charge on any atom is 0.259 e. The minimum Gasteiger partial charge on any atom is -0.368 e. The number of aromatic nitrogens is 6. The predicted molar refractivity (Wildman–Crippen MR) is 120 cm³/mol. The van der Waals surface area contributed by atoms with Gasteiger partial charge in [-0.1, -0.05) is 29.8 Å². The van der Waals surface area contributed by atoms with Crippen LogP contribution in [-0.2, 0) is 6.54 Å². The van der Waals surface area contributed by atoms with E-state index in [1.807, 2.05) is 54.4 Å². The van der Waals surface area contributed by atoms with Crippen molar-refractivity contribution in [2.45, 2.75) is 31.8 Å². The highest BCUT2D eigenvalue weighted by atomic mass is 16.5. The molecule has 5 rings (SSSR count). The van der Waals surface area contributed by atoms with E-state index < -0.39 is 0 Å². The molecule has 162 valence electrons. The van der Waals surface area contributed by atoms with Gasteiger partial charge in [0.1, 0.15) is 0 Å². The Bertz CT molecular complexity index is 1190. The second-order valence-corrected chi connectivity index (χ2v) is 7.68. The van der Waals surface area contributed by atoms with Gasteiger partial charge in [0, 0.05) is 31.5 Å². The van der Waals surface area contributed by atoms with Gasteiger partial charge >= 0.3 is 0 Å². The number of nitrogen functional groups attached to an aromatic ring is 1. The summed E-state index contributed by atoms with van der Waals surface area (Å²) in [5, 5.41) is 7.52. The average molecular weight is 429 g/mol. The van der Waals surface area contributed by atoms with Crippen LogP contribution in [0, 0.1) is 0 Å². The van der Waals surface area contributed by atoms with Crippen LogP contribution in [0.15, 0.2) is 53.2 Å². The van der Waals surface area contributed by atoms with Gasteiger partial charge in [-0.25, -0.2) is 0 Å². The van der Waals surface area contributed by atoms with E-state index in [4.69, 9.17) is 10.3 Å². The normalized spacial score (nSPS) is 13.7. The molecule has 0 radical (unpaired) electrons. The molecule has 1 aliphatic carbocycles. The number of hydrogen-bond donors (Lipinski definition) is 2. The number of anilines is 3. The van der Waals surface area contributed by atoms with E-state index >= 15 is 0 Å². The van der Waals surface area contributed by atoms with Crippen LogP contribution in [-0.4, -0.2) is 43.2 Å². The highest BCUT2D eigenvalue weighted by Gasteiger charge is 2.18. The van der Waals surface area contributed by atoms with Crippen LogP contribution < -0.4 is 16.0 Å². The molecule has 10 heteroatoms. The van der Waals surface area contributed by atoms with E-state index in [1.54, 1.807) is 6.20 Å². The summed E-state index contributed by atoms with van der Waals surface area (Å²) in [6, 6.07) is 14.2. The van der Waals surface area contributed by atoms with E-state index in [1.165, 1.54) is 19.3 Å². The molecule has 4 aromatic rings. The van der Waals surface area contributed by atoms with Crippen LogP contribution >= 0.6 is 0 Å². The zero-order valence-electron chi connectivity index (χ0n) is 17.6. The molecule has 1 fully saturated rings. The second-order valence-electron chi connectivity index (χ2n) is 7.68. The number of nitrogens with zero attached hydrogens (tertiary/aromatic N) is 7. The van der Waals surface area contributed by atoms with Crippen LogP contribution in [0.25, 0.3) is 23.1 Å². The van der Waals surface area contributed by atoms with Crippen LogP contribution in [0.1, 0.15) is 25.0 Å². The second kappa shape index (κ2) is 8.67. The molecule has 32 heavy (non-hydrogen) atoms. The number of pyridine rings is 1. The number of para-hydroxylation sites is 1. The maximum atomic E-state index is 5.92. The number of nitrogens with two attached hydrogens (primary N) is 1. The van der Waals surface area contributed by atoms with Gasteiger partial charge in [0.15, 0.2) is 0 Å². The monoisotopic (exact) mass is 429 g/mol. The molecule has 3 N–H and O–H groups in total. The van der Waals surface area contributed by atoms with E-state index in [2.05, 4.69) is 35.4 Å². The van der Waals surface area contributed by atoms with Crippen molar-refractivity contribution in [1.82, 2.24) is 35.4 Å². The van der Waals surface area contributed by atoms with Crippen molar-refractivity contribution in [3.8, 4) is 23.1 Å². The molecule has 3 heterocycles. The molecule has 0 spiro atoms. The molecule has 0 bridgehead atoms. The first-order valence-electron chi connectivity index (χ1n) is 10.5. The summed E-state index contributed by atoms with van der Waals surface area (Å²) in [6.07, 6.45) is 5.52. The first-order valence-corrected chi connectivity index (χ1v) is 10.5. The summed E-state index contributed by atoms with van der Waals surface area (Å²) >= 11 is 0. The Morgan fingerprint density at radius 2 is 1.88 bits per heavy atom. The van der Waals surface area contributed by atoms with Gasteiger partial charge < -0.3 is 20.5 Å². The van der Waals surface area contributed by atoms with Crippen molar-refractivity contribution >= 4 is 17.6 Å². The molecule has 0 atom stereocenters. The SMILES string of the molecule is CN(c1ccccc1)c1nc(N)nc(-c2noc(-c3ccc(CNC4CCC4)nc3)n2)n1. The highest BCUT2D eigenvalue weighted by molar-refractivity contribution is 5.60. The lowest BCUT2D eigenvalue weighted by Crippen LogP contribution is -2.34. The minimum absolute atomic E-state index is 0.0733. The average Bonchev–Trinajstić information content (AvgIpc) is 3.29. The van der Waals surface area contributed by atoms with Crippen LogP contribution in [0.5, 0.6) is 0 Å². The quantitative estimate of drug-likeness (QED) is 0.452. The van der Waals surface area contributed by atoms with Gasteiger partial charge in [-0.2, -0.15) is 19.9 Å². The van der Waals surface area contributed by atoms with Crippen LogP contribution in [0.2, 0.25) is 0 Å². The van der Waals surface area contributed by atoms with Crippen molar-refractivity contribution in [3.63, 3.8) is 0 Å². The molecule has 0 aliphatic heterocycles. The molecule has 0 saturated heterocycles.